The van der Waals surface area contributed by atoms with E-state index >= 15 is 0 Å². The highest BCUT2D eigenvalue weighted by Crippen LogP contribution is 2.38. The van der Waals surface area contributed by atoms with Crippen LogP contribution in [0.1, 0.15) is 44.7 Å². The zero-order chi connectivity index (χ0) is 13.9. The molecule has 4 unspecified atom stereocenters. The largest absolute Gasteiger partial charge is 0.493 e. The molecule has 1 heterocycles. The number of fused-ring (bicyclic) bond motifs is 1. The standard InChI is InChI=1S/C17H25NOS/c1-3-20-16-10-6-8-14(16)18-17-12(2)11-19-15-9-5-4-7-13(15)17/h4-5,7,9,12,14,16-18H,3,6,8,10-11H2,1-2H3. The van der Waals surface area contributed by atoms with Crippen molar-refractivity contribution >= 4 is 11.8 Å². The Morgan fingerprint density at radius 1 is 1.30 bits per heavy atom. The fourth-order valence-corrected chi connectivity index (χ4v) is 4.72. The van der Waals surface area contributed by atoms with Crippen molar-refractivity contribution in [3.8, 4) is 5.75 Å². The summed E-state index contributed by atoms with van der Waals surface area (Å²) in [5.74, 6) is 2.83. The summed E-state index contributed by atoms with van der Waals surface area (Å²) < 4.78 is 5.86. The van der Waals surface area contributed by atoms with Gasteiger partial charge in [-0.1, -0.05) is 38.5 Å². The van der Waals surface area contributed by atoms with Crippen LogP contribution in [-0.2, 0) is 0 Å². The maximum absolute atomic E-state index is 5.86. The summed E-state index contributed by atoms with van der Waals surface area (Å²) in [6, 6.07) is 9.63. The number of ether oxygens (including phenoxy) is 1. The second-order valence-corrected chi connectivity index (χ2v) is 7.52. The van der Waals surface area contributed by atoms with Gasteiger partial charge in [0.05, 0.1) is 6.61 Å². The van der Waals surface area contributed by atoms with Crippen LogP contribution < -0.4 is 10.1 Å². The maximum Gasteiger partial charge on any atom is 0.124 e. The van der Waals surface area contributed by atoms with Gasteiger partial charge in [-0.25, -0.2) is 0 Å². The predicted octanol–water partition coefficient (Wildman–Crippen LogP) is 4.02. The quantitative estimate of drug-likeness (QED) is 0.905. The summed E-state index contributed by atoms with van der Waals surface area (Å²) in [6.07, 6.45) is 4.06. The average Bonchev–Trinajstić information content (AvgIpc) is 2.90. The molecule has 0 aromatic heterocycles. The number of rotatable bonds is 4. The highest BCUT2D eigenvalue weighted by atomic mass is 32.2. The Morgan fingerprint density at radius 2 is 2.15 bits per heavy atom. The molecule has 20 heavy (non-hydrogen) atoms. The van der Waals surface area contributed by atoms with Crippen molar-refractivity contribution < 1.29 is 4.74 Å². The minimum absolute atomic E-state index is 0.447. The second-order valence-electron chi connectivity index (χ2n) is 6.00. The van der Waals surface area contributed by atoms with Gasteiger partial charge in [0, 0.05) is 28.8 Å². The van der Waals surface area contributed by atoms with E-state index in [1.807, 2.05) is 0 Å². The Morgan fingerprint density at radius 3 is 3.00 bits per heavy atom. The molecule has 0 radical (unpaired) electrons. The van der Waals surface area contributed by atoms with Crippen molar-refractivity contribution in [3.05, 3.63) is 29.8 Å². The molecule has 1 aromatic carbocycles. The SMILES string of the molecule is CCSC1CCCC1NC1c2ccccc2OCC1C. The van der Waals surface area contributed by atoms with E-state index in [0.717, 1.165) is 17.6 Å². The lowest BCUT2D eigenvalue weighted by Crippen LogP contribution is -2.42. The van der Waals surface area contributed by atoms with Gasteiger partial charge < -0.3 is 10.1 Å². The van der Waals surface area contributed by atoms with Gasteiger partial charge in [0.1, 0.15) is 5.75 Å². The van der Waals surface area contributed by atoms with Gasteiger partial charge in [-0.15, -0.1) is 0 Å². The maximum atomic E-state index is 5.86. The van der Waals surface area contributed by atoms with Gasteiger partial charge in [0.2, 0.25) is 0 Å². The fourth-order valence-electron chi connectivity index (χ4n) is 3.51. The Kier molecular flexibility index (Phi) is 4.57. The first kappa shape index (κ1) is 14.3. The van der Waals surface area contributed by atoms with E-state index in [-0.39, 0.29) is 0 Å². The predicted molar refractivity (Wildman–Crippen MR) is 86.5 cm³/mol. The summed E-state index contributed by atoms with van der Waals surface area (Å²) >= 11 is 2.12. The summed E-state index contributed by atoms with van der Waals surface area (Å²) in [5, 5.41) is 4.75. The van der Waals surface area contributed by atoms with Crippen molar-refractivity contribution in [2.24, 2.45) is 5.92 Å². The van der Waals surface area contributed by atoms with Crippen LogP contribution in [0.2, 0.25) is 0 Å². The first-order valence-electron chi connectivity index (χ1n) is 7.89. The van der Waals surface area contributed by atoms with E-state index in [2.05, 4.69) is 55.2 Å². The monoisotopic (exact) mass is 291 g/mol. The first-order valence-corrected chi connectivity index (χ1v) is 8.94. The lowest BCUT2D eigenvalue weighted by Gasteiger charge is -2.35. The summed E-state index contributed by atoms with van der Waals surface area (Å²) in [7, 11) is 0. The topological polar surface area (TPSA) is 21.3 Å². The minimum atomic E-state index is 0.447. The van der Waals surface area contributed by atoms with Crippen molar-refractivity contribution in [2.75, 3.05) is 12.4 Å². The summed E-state index contributed by atoms with van der Waals surface area (Å²) in [6.45, 7) is 5.39. The van der Waals surface area contributed by atoms with E-state index in [9.17, 15) is 0 Å². The number of para-hydroxylation sites is 1. The van der Waals surface area contributed by atoms with Gasteiger partial charge in [-0.3, -0.25) is 0 Å². The van der Waals surface area contributed by atoms with Crippen LogP contribution in [0.15, 0.2) is 24.3 Å². The van der Waals surface area contributed by atoms with Gasteiger partial charge in [0.15, 0.2) is 0 Å². The molecule has 2 aliphatic rings. The van der Waals surface area contributed by atoms with Crippen LogP contribution in [0, 0.1) is 5.92 Å². The molecule has 1 aliphatic carbocycles. The number of hydrogen-bond donors (Lipinski definition) is 1. The Labute approximate surface area is 126 Å². The molecule has 3 heteroatoms. The van der Waals surface area contributed by atoms with Crippen molar-refractivity contribution in [3.63, 3.8) is 0 Å². The molecule has 3 rings (SSSR count). The van der Waals surface area contributed by atoms with E-state index < -0.39 is 0 Å². The molecule has 1 fully saturated rings. The van der Waals surface area contributed by atoms with Crippen LogP contribution in [0.3, 0.4) is 0 Å². The van der Waals surface area contributed by atoms with Gasteiger partial charge >= 0.3 is 0 Å². The smallest absolute Gasteiger partial charge is 0.124 e. The molecule has 4 atom stereocenters. The average molecular weight is 291 g/mol. The third-order valence-corrected chi connectivity index (χ3v) is 5.88. The fraction of sp³-hybridized carbons (Fsp3) is 0.647. The molecular weight excluding hydrogens is 266 g/mol. The summed E-state index contributed by atoms with van der Waals surface area (Å²) in [5.41, 5.74) is 1.35. The van der Waals surface area contributed by atoms with Gasteiger partial charge in [-0.05, 0) is 24.7 Å². The molecule has 0 spiro atoms. The van der Waals surface area contributed by atoms with E-state index in [1.54, 1.807) is 0 Å². The number of thioether (sulfide) groups is 1. The number of nitrogens with one attached hydrogen (secondary N) is 1. The Bertz CT molecular complexity index is 450. The molecule has 1 N–H and O–H groups in total. The zero-order valence-corrected chi connectivity index (χ0v) is 13.3. The van der Waals surface area contributed by atoms with Gasteiger partial charge in [0.25, 0.3) is 0 Å². The molecule has 110 valence electrons. The normalized spacial score (nSPS) is 32.7. The Balaban J connectivity index is 1.76. The first-order chi connectivity index (χ1) is 9.79. The molecular formula is C17H25NOS. The zero-order valence-electron chi connectivity index (χ0n) is 12.5. The van der Waals surface area contributed by atoms with E-state index in [4.69, 9.17) is 4.74 Å². The van der Waals surface area contributed by atoms with Crippen LogP contribution in [0.5, 0.6) is 5.75 Å². The molecule has 0 saturated heterocycles. The molecule has 1 aliphatic heterocycles. The van der Waals surface area contributed by atoms with Crippen molar-refractivity contribution in [1.29, 1.82) is 0 Å². The van der Waals surface area contributed by atoms with E-state index in [0.29, 0.717) is 18.0 Å². The summed E-state index contributed by atoms with van der Waals surface area (Å²) in [4.78, 5) is 0. The second kappa shape index (κ2) is 6.40. The molecule has 1 saturated carbocycles. The van der Waals surface area contributed by atoms with Crippen LogP contribution in [-0.4, -0.2) is 23.7 Å². The number of hydrogen-bond acceptors (Lipinski definition) is 3. The lowest BCUT2D eigenvalue weighted by molar-refractivity contribution is 0.181. The minimum Gasteiger partial charge on any atom is -0.493 e. The van der Waals surface area contributed by atoms with E-state index in [1.165, 1.54) is 30.6 Å². The van der Waals surface area contributed by atoms with Crippen LogP contribution >= 0.6 is 11.8 Å². The highest BCUT2D eigenvalue weighted by molar-refractivity contribution is 7.99. The molecule has 0 bridgehead atoms. The van der Waals surface area contributed by atoms with Crippen molar-refractivity contribution in [2.45, 2.75) is 50.4 Å². The van der Waals surface area contributed by atoms with Crippen molar-refractivity contribution in [1.82, 2.24) is 5.32 Å². The molecule has 2 nitrogen and oxygen atoms in total. The lowest BCUT2D eigenvalue weighted by atomic mass is 9.91. The molecule has 0 amide bonds. The third kappa shape index (κ3) is 2.84. The third-order valence-electron chi connectivity index (χ3n) is 4.55. The molecule has 1 aromatic rings. The van der Waals surface area contributed by atoms with Crippen LogP contribution in [0.4, 0.5) is 0 Å². The van der Waals surface area contributed by atoms with Gasteiger partial charge in [-0.2, -0.15) is 11.8 Å². The highest BCUT2D eigenvalue weighted by Gasteiger charge is 2.34. The number of benzene rings is 1. The Hall–Kier alpha value is -0.670. The van der Waals surface area contributed by atoms with Crippen LogP contribution in [0.25, 0.3) is 0 Å².